The van der Waals surface area contributed by atoms with Gasteiger partial charge in [0.1, 0.15) is 11.6 Å². The highest BCUT2D eigenvalue weighted by atomic mass is 32.2. The molecule has 0 saturated carbocycles. The van der Waals surface area contributed by atoms with Gasteiger partial charge in [0.15, 0.2) is 0 Å². The van der Waals surface area contributed by atoms with Gasteiger partial charge in [0.05, 0.1) is 4.90 Å². The van der Waals surface area contributed by atoms with Crippen LogP contribution < -0.4 is 0 Å². The summed E-state index contributed by atoms with van der Waals surface area (Å²) in [5.41, 5.74) is 0.701. The summed E-state index contributed by atoms with van der Waals surface area (Å²) in [5.74, 6) is -1.18. The molecule has 3 rings (SSSR count). The highest BCUT2D eigenvalue weighted by Gasteiger charge is 2.31. The molecule has 0 spiro atoms. The molecule has 1 amide bonds. The second-order valence-electron chi connectivity index (χ2n) is 6.11. The van der Waals surface area contributed by atoms with Crippen molar-refractivity contribution in [1.82, 2.24) is 9.21 Å². The van der Waals surface area contributed by atoms with Gasteiger partial charge in [-0.25, -0.2) is 17.2 Å². The quantitative estimate of drug-likeness (QED) is 0.822. The summed E-state index contributed by atoms with van der Waals surface area (Å²) >= 11 is 0. The van der Waals surface area contributed by atoms with Crippen LogP contribution in [0.2, 0.25) is 0 Å². The molecule has 0 unspecified atom stereocenters. The molecule has 0 aliphatic carbocycles. The molecular weight excluding hydrogens is 362 g/mol. The van der Waals surface area contributed by atoms with E-state index in [9.17, 15) is 22.0 Å². The van der Waals surface area contributed by atoms with Gasteiger partial charge in [0.2, 0.25) is 10.0 Å². The summed E-state index contributed by atoms with van der Waals surface area (Å²) in [6, 6.07) is 8.80. The Labute approximate surface area is 150 Å². The lowest BCUT2D eigenvalue weighted by atomic mass is 10.2. The van der Waals surface area contributed by atoms with Crippen LogP contribution in [0, 0.1) is 18.6 Å². The van der Waals surface area contributed by atoms with Crippen LogP contribution in [0.4, 0.5) is 8.78 Å². The Bertz CT molecular complexity index is 922. The van der Waals surface area contributed by atoms with E-state index in [1.807, 2.05) is 0 Å². The highest BCUT2D eigenvalue weighted by Crippen LogP contribution is 2.22. The summed E-state index contributed by atoms with van der Waals surface area (Å²) in [5, 5.41) is 0. The average Bonchev–Trinajstić information content (AvgIpc) is 2.61. The summed E-state index contributed by atoms with van der Waals surface area (Å²) in [7, 11) is -3.75. The molecule has 8 heteroatoms. The first-order valence-electron chi connectivity index (χ1n) is 8.10. The standard InChI is InChI=1S/C18H18F2N2O3S/c1-13-12-16(20)6-7-17(13)26(24,25)22-10-8-21(9-11-22)18(23)14-2-4-15(19)5-3-14/h2-7,12H,8-11H2,1H3. The number of aryl methyl sites for hydroxylation is 1. The van der Waals surface area contributed by atoms with Crippen molar-refractivity contribution in [2.75, 3.05) is 26.2 Å². The van der Waals surface area contributed by atoms with Crippen LogP contribution in [0.5, 0.6) is 0 Å². The molecule has 1 heterocycles. The number of sulfonamides is 1. The summed E-state index contributed by atoms with van der Waals surface area (Å²) in [6.45, 7) is 2.30. The van der Waals surface area contributed by atoms with Gasteiger partial charge < -0.3 is 4.90 Å². The van der Waals surface area contributed by atoms with Gasteiger partial charge in [-0.1, -0.05) is 0 Å². The Balaban J connectivity index is 1.71. The lowest BCUT2D eigenvalue weighted by molar-refractivity contribution is 0.0698. The third kappa shape index (κ3) is 3.61. The van der Waals surface area contributed by atoms with E-state index >= 15 is 0 Å². The van der Waals surface area contributed by atoms with Gasteiger partial charge in [0, 0.05) is 31.7 Å². The van der Waals surface area contributed by atoms with Crippen LogP contribution >= 0.6 is 0 Å². The fraction of sp³-hybridized carbons (Fsp3) is 0.278. The lowest BCUT2D eigenvalue weighted by Gasteiger charge is -2.34. The zero-order chi connectivity index (χ0) is 18.9. The molecule has 1 saturated heterocycles. The molecule has 5 nitrogen and oxygen atoms in total. The minimum Gasteiger partial charge on any atom is -0.336 e. The Hall–Kier alpha value is -2.32. The molecule has 0 aromatic heterocycles. The number of hydrogen-bond acceptors (Lipinski definition) is 3. The Kier molecular flexibility index (Phi) is 5.06. The molecule has 1 aliphatic heterocycles. The van der Waals surface area contributed by atoms with Crippen LogP contribution in [0.15, 0.2) is 47.4 Å². The molecule has 0 radical (unpaired) electrons. The van der Waals surface area contributed by atoms with E-state index in [-0.39, 0.29) is 37.0 Å². The Morgan fingerprint density at radius 2 is 1.50 bits per heavy atom. The first-order chi connectivity index (χ1) is 12.3. The van der Waals surface area contributed by atoms with Crippen molar-refractivity contribution in [1.29, 1.82) is 0 Å². The van der Waals surface area contributed by atoms with Gasteiger partial charge in [-0.15, -0.1) is 0 Å². The van der Waals surface area contributed by atoms with Crippen LogP contribution in [0.1, 0.15) is 15.9 Å². The van der Waals surface area contributed by atoms with E-state index in [1.165, 1.54) is 45.6 Å². The third-order valence-electron chi connectivity index (χ3n) is 4.37. The monoisotopic (exact) mass is 380 g/mol. The number of hydrogen-bond donors (Lipinski definition) is 0. The Morgan fingerprint density at radius 3 is 2.08 bits per heavy atom. The number of nitrogens with zero attached hydrogens (tertiary/aromatic N) is 2. The molecule has 1 fully saturated rings. The number of piperazine rings is 1. The number of carbonyl (C=O) groups is 1. The fourth-order valence-electron chi connectivity index (χ4n) is 2.95. The van der Waals surface area contributed by atoms with Crippen molar-refractivity contribution in [2.45, 2.75) is 11.8 Å². The summed E-state index contributed by atoms with van der Waals surface area (Å²) < 4.78 is 53.0. The molecule has 0 atom stereocenters. The smallest absolute Gasteiger partial charge is 0.253 e. The zero-order valence-electron chi connectivity index (χ0n) is 14.2. The largest absolute Gasteiger partial charge is 0.336 e. The maximum absolute atomic E-state index is 13.2. The van der Waals surface area contributed by atoms with E-state index in [4.69, 9.17) is 0 Å². The van der Waals surface area contributed by atoms with E-state index in [0.29, 0.717) is 11.1 Å². The van der Waals surface area contributed by atoms with Gasteiger partial charge in [-0.3, -0.25) is 4.79 Å². The summed E-state index contributed by atoms with van der Waals surface area (Å²) in [4.78, 5) is 14.0. The number of benzene rings is 2. The molecule has 2 aromatic rings. The zero-order valence-corrected chi connectivity index (χ0v) is 15.0. The van der Waals surface area contributed by atoms with E-state index in [2.05, 4.69) is 0 Å². The van der Waals surface area contributed by atoms with Crippen molar-refractivity contribution in [3.63, 3.8) is 0 Å². The average molecular weight is 380 g/mol. The maximum Gasteiger partial charge on any atom is 0.253 e. The van der Waals surface area contributed by atoms with Crippen LogP contribution in [-0.2, 0) is 10.0 Å². The third-order valence-corrected chi connectivity index (χ3v) is 6.43. The van der Waals surface area contributed by atoms with Crippen LogP contribution in [-0.4, -0.2) is 49.7 Å². The first kappa shape index (κ1) is 18.5. The predicted octanol–water partition coefficient (Wildman–Crippen LogP) is 2.42. The van der Waals surface area contributed by atoms with Crippen molar-refractivity contribution < 1.29 is 22.0 Å². The van der Waals surface area contributed by atoms with Gasteiger partial charge in [-0.2, -0.15) is 4.31 Å². The summed E-state index contributed by atoms with van der Waals surface area (Å²) in [6.07, 6.45) is 0. The number of halogens is 2. The van der Waals surface area contributed by atoms with Gasteiger partial charge in [-0.05, 0) is 55.0 Å². The predicted molar refractivity (Wildman–Crippen MR) is 92.2 cm³/mol. The minimum atomic E-state index is -3.75. The first-order valence-corrected chi connectivity index (χ1v) is 9.54. The number of amides is 1. The number of rotatable bonds is 3. The molecule has 0 N–H and O–H groups in total. The fourth-order valence-corrected chi connectivity index (χ4v) is 4.58. The Morgan fingerprint density at radius 1 is 0.923 bits per heavy atom. The van der Waals surface area contributed by atoms with Crippen molar-refractivity contribution in [3.05, 3.63) is 65.2 Å². The van der Waals surface area contributed by atoms with Crippen molar-refractivity contribution in [3.8, 4) is 0 Å². The topological polar surface area (TPSA) is 57.7 Å². The van der Waals surface area contributed by atoms with Crippen molar-refractivity contribution >= 4 is 15.9 Å². The van der Waals surface area contributed by atoms with Crippen LogP contribution in [0.3, 0.4) is 0 Å². The maximum atomic E-state index is 13.2. The lowest BCUT2D eigenvalue weighted by Crippen LogP contribution is -2.50. The molecule has 0 bridgehead atoms. The number of carbonyl (C=O) groups excluding carboxylic acids is 1. The minimum absolute atomic E-state index is 0.0669. The second-order valence-corrected chi connectivity index (χ2v) is 8.02. The molecule has 2 aromatic carbocycles. The molecule has 26 heavy (non-hydrogen) atoms. The van der Waals surface area contributed by atoms with Gasteiger partial charge in [0.25, 0.3) is 5.91 Å². The highest BCUT2D eigenvalue weighted by molar-refractivity contribution is 7.89. The molecule has 1 aliphatic rings. The van der Waals surface area contributed by atoms with E-state index < -0.39 is 21.7 Å². The van der Waals surface area contributed by atoms with Crippen molar-refractivity contribution in [2.24, 2.45) is 0 Å². The van der Waals surface area contributed by atoms with E-state index in [0.717, 1.165) is 6.07 Å². The molecular formula is C18H18F2N2O3S. The van der Waals surface area contributed by atoms with Gasteiger partial charge >= 0.3 is 0 Å². The van der Waals surface area contributed by atoms with E-state index in [1.54, 1.807) is 6.92 Å². The normalized spacial score (nSPS) is 15.9. The second kappa shape index (κ2) is 7.13. The molecule has 138 valence electrons. The SMILES string of the molecule is Cc1cc(F)ccc1S(=O)(=O)N1CCN(C(=O)c2ccc(F)cc2)CC1. The van der Waals surface area contributed by atoms with Crippen LogP contribution in [0.25, 0.3) is 0 Å².